The number of carbonyl (C=O) groups is 18. The van der Waals surface area contributed by atoms with Crippen LogP contribution in [0, 0.1) is 34.0 Å². The first-order valence-corrected chi connectivity index (χ1v) is 46.1. The minimum absolute atomic E-state index is 0.0167. The van der Waals surface area contributed by atoms with Gasteiger partial charge < -0.3 is 151 Å². The van der Waals surface area contributed by atoms with Crippen LogP contribution in [0.1, 0.15) is 188 Å². The van der Waals surface area contributed by atoms with E-state index in [1.54, 1.807) is 96.1 Å². The first kappa shape index (κ1) is 115. The quantitative estimate of drug-likeness (QED) is 0.0142. The molecular formula is C88H143N29O20. The third kappa shape index (κ3) is 42.3. The highest BCUT2D eigenvalue weighted by Gasteiger charge is 2.43. The van der Waals surface area contributed by atoms with Gasteiger partial charge in [-0.25, -0.2) is 4.79 Å². The van der Waals surface area contributed by atoms with Gasteiger partial charge in [0, 0.05) is 62.5 Å². The maximum Gasteiger partial charge on any atom is 0.326 e. The number of para-hydroxylation sites is 1. The first-order chi connectivity index (χ1) is 64.9. The Labute approximate surface area is 794 Å². The third-order valence-electron chi connectivity index (χ3n) is 22.5. The van der Waals surface area contributed by atoms with Crippen LogP contribution < -0.4 is 131 Å². The lowest BCUT2D eigenvalue weighted by atomic mass is 9.96. The third-order valence-corrected chi connectivity index (χ3v) is 22.5. The Morgan fingerprint density at radius 1 is 0.431 bits per heavy atom. The predicted molar refractivity (Wildman–Crippen MR) is 505 cm³/mol. The molecule has 15 atom stereocenters. The number of fused-ring (bicyclic) bond motifs is 1. The van der Waals surface area contributed by atoms with Gasteiger partial charge in [0.25, 0.3) is 0 Å². The van der Waals surface area contributed by atoms with Crippen LogP contribution in [-0.2, 0) is 99.1 Å². The average Bonchev–Trinajstić information content (AvgIpc) is 1.69. The van der Waals surface area contributed by atoms with E-state index >= 15 is 24.0 Å². The number of nitrogens with one attached hydrogen (secondary N) is 20. The second-order valence-electron chi connectivity index (χ2n) is 34.7. The molecule has 3 aromatic rings. The van der Waals surface area contributed by atoms with Crippen molar-refractivity contribution in [1.29, 1.82) is 16.2 Å². The van der Waals surface area contributed by atoms with Gasteiger partial charge in [-0.1, -0.05) is 96.5 Å². The molecule has 38 N–H and O–H groups in total. The highest BCUT2D eigenvalue weighted by molar-refractivity contribution is 6.02. The Bertz CT molecular complexity index is 4600. The minimum Gasteiger partial charge on any atom is -0.481 e. The molecule has 0 radical (unpaired) electrons. The average molecular weight is 1930 g/mol. The second kappa shape index (κ2) is 60.5. The molecule has 137 heavy (non-hydrogen) atoms. The number of likely N-dealkylation sites (tertiary alicyclic amines) is 1. The number of carboxylic acid groups (broad SMARTS) is 2. The molecule has 16 amide bonds. The number of amides is 16. The molecule has 4 rings (SSSR count). The number of guanidine groups is 3. The smallest absolute Gasteiger partial charge is 0.326 e. The maximum atomic E-state index is 15.3. The molecule has 49 heteroatoms. The maximum absolute atomic E-state index is 15.3. The van der Waals surface area contributed by atoms with Crippen LogP contribution in [0.3, 0.4) is 0 Å². The van der Waals surface area contributed by atoms with Gasteiger partial charge in [-0.2, -0.15) is 0 Å². The van der Waals surface area contributed by atoms with E-state index in [-0.39, 0.29) is 166 Å². The van der Waals surface area contributed by atoms with Crippen molar-refractivity contribution in [3.8, 4) is 0 Å². The van der Waals surface area contributed by atoms with Gasteiger partial charge in [0.2, 0.25) is 94.5 Å². The van der Waals surface area contributed by atoms with Crippen molar-refractivity contribution in [2.24, 2.45) is 63.6 Å². The summed E-state index contributed by atoms with van der Waals surface area (Å²) in [6.07, 6.45) is -0.906. The van der Waals surface area contributed by atoms with E-state index < -0.39 is 241 Å². The van der Waals surface area contributed by atoms with Crippen LogP contribution in [0.2, 0.25) is 0 Å². The molecule has 0 saturated carbocycles. The van der Waals surface area contributed by atoms with E-state index in [4.69, 9.17) is 62.1 Å². The minimum atomic E-state index is -2.10. The molecule has 760 valence electrons. The van der Waals surface area contributed by atoms with Crippen molar-refractivity contribution in [2.45, 2.75) is 274 Å². The standard InChI is InChI=1S/C88H143N29O20/c1-7-49(6)71(116-75(126)57(28-18-36-101-87(96)97)105-72(123)56(27-17-35-100-86(94)95)107-77(128)61(40-48(4)5)112-78(129)62(104-69(120)45-91)41-50-21-9-8-10-22-50)83(134)109-58(29-19-37-102-88(98)99)84(135)117-38-20-30-66(117)82(133)108-55(26-14-16-34-90)74(125)111-60(39-47(2)3)76(127)106-54(25-13-15-33-89)73(124)113-63(42-51-46-103-53-24-12-11-23-52(51)53)79(130)115-65(44-70(121)122)81(132)114-64(43-68(93)119)80(131)110-59(85(136)137)31-32-67(92)118/h8-12,21-24,46-49,54-66,71,103H,7,13-20,25-45,89-91H2,1-6H3,(H2,92,118)(H2,93,119)(H,104,120)(H,105,123)(H,106,127)(H,107,128)(H,108,133)(H,109,134)(H,110,131)(H,111,125)(H,112,129)(H,113,124)(H,114,132)(H,115,130)(H,116,126)(H,121,122)(H,136,137)(H4,94,95,100)(H4,96,97,101)(H4,98,99,102)/t49-,54-,55-,56-,57-,58-,59-,60-,61-,62-,63-,64-,65-,66-,71-/m0/s1. The van der Waals surface area contributed by atoms with Crippen LogP contribution in [0.5, 0.6) is 0 Å². The number of rotatable bonds is 65. The Balaban J connectivity index is 1.69. The summed E-state index contributed by atoms with van der Waals surface area (Å²) in [5.74, 6) is -21.1. The van der Waals surface area contributed by atoms with Gasteiger partial charge in [-0.15, -0.1) is 0 Å². The van der Waals surface area contributed by atoms with Crippen LogP contribution in [0.4, 0.5) is 0 Å². The van der Waals surface area contributed by atoms with E-state index in [1.165, 1.54) is 11.1 Å². The topological polar surface area (TPSA) is 839 Å². The SMILES string of the molecule is CC[C@H](C)[C@H](NC(=O)[C@H](CCCNC(=N)N)NC(=O)[C@H](CCCNC(=N)N)NC(=O)[C@H](CC(C)C)NC(=O)[C@H](Cc1ccccc1)NC(=O)CN)C(=O)N[C@@H](CCCNC(=N)N)C(=O)N1CCC[C@H]1C(=O)N[C@@H](CCCCN)C(=O)N[C@@H](CC(C)C)C(=O)N[C@@H](CCCCN)C(=O)N[C@@H](Cc1c[nH]c2ccccc12)C(=O)N[C@@H](CC(=O)O)C(=O)N[C@@H](CC(N)=O)C(=O)N[C@@H](CCC(N)=O)C(=O)O. The number of aromatic nitrogens is 1. The fourth-order valence-corrected chi connectivity index (χ4v) is 15.1. The molecule has 0 aliphatic carbocycles. The van der Waals surface area contributed by atoms with Crippen molar-refractivity contribution in [3.05, 3.63) is 71.9 Å². The number of benzene rings is 2. The summed E-state index contributed by atoms with van der Waals surface area (Å²) >= 11 is 0. The van der Waals surface area contributed by atoms with Crippen LogP contribution in [0.15, 0.2) is 60.8 Å². The molecule has 0 spiro atoms. The lowest BCUT2D eigenvalue weighted by Gasteiger charge is -2.32. The largest absolute Gasteiger partial charge is 0.481 e. The van der Waals surface area contributed by atoms with Gasteiger partial charge in [0.15, 0.2) is 17.9 Å². The molecule has 1 aliphatic heterocycles. The van der Waals surface area contributed by atoms with Crippen LogP contribution >= 0.6 is 0 Å². The molecule has 2 aromatic carbocycles. The number of nitrogens with zero attached hydrogens (tertiary/aromatic N) is 1. The second-order valence-corrected chi connectivity index (χ2v) is 34.7. The van der Waals surface area contributed by atoms with Gasteiger partial charge in [0.05, 0.1) is 19.4 Å². The highest BCUT2D eigenvalue weighted by Crippen LogP contribution is 2.24. The van der Waals surface area contributed by atoms with E-state index in [1.807, 2.05) is 0 Å². The zero-order chi connectivity index (χ0) is 102. The lowest BCUT2D eigenvalue weighted by Crippen LogP contribution is -2.61. The summed E-state index contributed by atoms with van der Waals surface area (Å²) in [4.78, 5) is 257. The summed E-state index contributed by atoms with van der Waals surface area (Å²) in [5, 5.41) is 85.5. The monoisotopic (exact) mass is 1930 g/mol. The van der Waals surface area contributed by atoms with Gasteiger partial charge >= 0.3 is 11.9 Å². The van der Waals surface area contributed by atoms with E-state index in [2.05, 4.69) is 90.1 Å². The van der Waals surface area contributed by atoms with Crippen LogP contribution in [-0.4, -0.2) is 275 Å². The van der Waals surface area contributed by atoms with E-state index in [0.717, 1.165) is 0 Å². The Morgan fingerprint density at radius 3 is 1.28 bits per heavy atom. The fourth-order valence-electron chi connectivity index (χ4n) is 15.1. The van der Waals surface area contributed by atoms with Crippen molar-refractivity contribution in [3.63, 3.8) is 0 Å². The van der Waals surface area contributed by atoms with Crippen molar-refractivity contribution in [1.82, 2.24) is 95.0 Å². The van der Waals surface area contributed by atoms with Crippen molar-refractivity contribution in [2.75, 3.05) is 45.8 Å². The molecule has 49 nitrogen and oxygen atoms in total. The molecule has 2 heterocycles. The van der Waals surface area contributed by atoms with Crippen molar-refractivity contribution < 1.29 is 96.5 Å². The summed E-state index contributed by atoms with van der Waals surface area (Å²) < 4.78 is 0. The summed E-state index contributed by atoms with van der Waals surface area (Å²) in [6.45, 7) is 10.3. The molecule has 0 unspecified atom stereocenters. The van der Waals surface area contributed by atoms with E-state index in [9.17, 15) is 72.5 Å². The van der Waals surface area contributed by atoms with Crippen LogP contribution in [0.25, 0.3) is 10.9 Å². The summed E-state index contributed by atoms with van der Waals surface area (Å²) in [6, 6.07) is -6.13. The molecule has 0 bridgehead atoms. The number of carboxylic acids is 2. The van der Waals surface area contributed by atoms with Gasteiger partial charge in [0.1, 0.15) is 84.6 Å². The Hall–Kier alpha value is -13.9. The molecule has 1 aromatic heterocycles. The van der Waals surface area contributed by atoms with Gasteiger partial charge in [-0.05, 0) is 157 Å². The highest BCUT2D eigenvalue weighted by atomic mass is 16.4. The summed E-state index contributed by atoms with van der Waals surface area (Å²) in [7, 11) is 0. The normalized spacial score (nSPS) is 15.3. The number of hydrogen-bond donors (Lipinski definition) is 30. The summed E-state index contributed by atoms with van der Waals surface area (Å²) in [5.41, 5.74) is 46.5. The zero-order valence-corrected chi connectivity index (χ0v) is 78.6. The predicted octanol–water partition coefficient (Wildman–Crippen LogP) is -5.91. The number of carbonyl (C=O) groups excluding carboxylic acids is 16. The number of aromatic amines is 1. The molecule has 1 saturated heterocycles. The number of unbranched alkanes of at least 4 members (excludes halogenated alkanes) is 2. The Kier molecular flexibility index (Phi) is 51.0. The number of hydrogen-bond acceptors (Lipinski definition) is 24. The number of nitrogens with two attached hydrogens (primary N) is 8. The molecule has 1 aliphatic rings. The zero-order valence-electron chi connectivity index (χ0n) is 78.6. The number of primary amides is 2. The first-order valence-electron chi connectivity index (χ1n) is 46.1. The number of H-pyrrole nitrogens is 1. The number of aliphatic carboxylic acids is 2. The van der Waals surface area contributed by atoms with E-state index in [0.29, 0.717) is 34.9 Å². The van der Waals surface area contributed by atoms with Crippen molar-refractivity contribution >= 4 is 135 Å². The Morgan fingerprint density at radius 2 is 0.832 bits per heavy atom. The lowest BCUT2D eigenvalue weighted by molar-refractivity contribution is -0.144. The van der Waals surface area contributed by atoms with Gasteiger partial charge in [-0.3, -0.25) is 97.7 Å². The molecule has 1 fully saturated rings. The fraction of sp³-hybridized carbons (Fsp3) is 0.602. The molecular weight excluding hydrogens is 1780 g/mol.